The van der Waals surface area contributed by atoms with Crippen LogP contribution in [0.25, 0.3) is 0 Å². The first-order valence-corrected chi connectivity index (χ1v) is 6.98. The summed E-state index contributed by atoms with van der Waals surface area (Å²) in [6.45, 7) is 2.15. The van der Waals surface area contributed by atoms with E-state index < -0.39 is 0 Å². The van der Waals surface area contributed by atoms with Crippen molar-refractivity contribution >= 4 is 23.2 Å². The first kappa shape index (κ1) is 14.1. The number of hydrogen-bond acceptors (Lipinski definition) is 3. The Bertz CT molecular complexity index is 544. The summed E-state index contributed by atoms with van der Waals surface area (Å²) < 4.78 is 5.69. The summed E-state index contributed by atoms with van der Waals surface area (Å²) in [7, 11) is 0. The van der Waals surface area contributed by atoms with Crippen LogP contribution in [0.5, 0.6) is 11.6 Å². The lowest BCUT2D eigenvalue weighted by atomic mass is 10.1. The van der Waals surface area contributed by atoms with Crippen LogP contribution < -0.4 is 4.74 Å². The monoisotopic (exact) mass is 296 g/mol. The maximum absolute atomic E-state index is 5.95. The van der Waals surface area contributed by atoms with Gasteiger partial charge in [-0.2, -0.15) is 0 Å². The third-order valence-electron chi connectivity index (χ3n) is 2.66. The molecule has 1 aromatic heterocycles. The van der Waals surface area contributed by atoms with Crippen molar-refractivity contribution in [1.29, 1.82) is 0 Å². The number of alkyl halides is 1. The van der Waals surface area contributed by atoms with E-state index in [-0.39, 0.29) is 5.88 Å². The molecular formula is C14H14Cl2N2O. The zero-order valence-electron chi connectivity index (χ0n) is 10.6. The molecule has 0 spiro atoms. The lowest BCUT2D eigenvalue weighted by molar-refractivity contribution is 0.456. The minimum Gasteiger partial charge on any atom is -0.439 e. The van der Waals surface area contributed by atoms with E-state index in [2.05, 4.69) is 16.9 Å². The van der Waals surface area contributed by atoms with Crippen LogP contribution in [0.2, 0.25) is 5.15 Å². The molecule has 0 unspecified atom stereocenters. The highest BCUT2D eigenvalue weighted by molar-refractivity contribution is 6.31. The number of hydrogen-bond donors (Lipinski definition) is 0. The minimum absolute atomic E-state index is 0.211. The van der Waals surface area contributed by atoms with Crippen LogP contribution in [0.4, 0.5) is 0 Å². The number of benzene rings is 1. The van der Waals surface area contributed by atoms with Crippen molar-refractivity contribution in [2.45, 2.75) is 25.6 Å². The molecule has 0 fully saturated rings. The Hall–Kier alpha value is -1.32. The van der Waals surface area contributed by atoms with Crippen LogP contribution in [0.15, 0.2) is 30.6 Å². The quantitative estimate of drug-likeness (QED) is 0.597. The van der Waals surface area contributed by atoms with Gasteiger partial charge in [0.25, 0.3) is 0 Å². The molecule has 3 nitrogen and oxygen atoms in total. The highest BCUT2D eigenvalue weighted by atomic mass is 35.5. The summed E-state index contributed by atoms with van der Waals surface area (Å²) in [5, 5.41) is 0.322. The van der Waals surface area contributed by atoms with Crippen LogP contribution >= 0.6 is 23.2 Å². The number of rotatable bonds is 5. The normalized spacial score (nSPS) is 10.5. The minimum atomic E-state index is 0.211. The Balaban J connectivity index is 2.19. The van der Waals surface area contributed by atoms with Crippen molar-refractivity contribution in [2.24, 2.45) is 0 Å². The average molecular weight is 297 g/mol. The van der Waals surface area contributed by atoms with Crippen molar-refractivity contribution in [2.75, 3.05) is 0 Å². The summed E-state index contributed by atoms with van der Waals surface area (Å²) in [6, 6.07) is 7.92. The van der Waals surface area contributed by atoms with Crippen LogP contribution in [-0.2, 0) is 12.3 Å². The molecular weight excluding hydrogens is 283 g/mol. The molecule has 5 heteroatoms. The van der Waals surface area contributed by atoms with Gasteiger partial charge < -0.3 is 4.74 Å². The number of aromatic nitrogens is 2. The molecule has 0 aliphatic rings. The van der Waals surface area contributed by atoms with Gasteiger partial charge >= 0.3 is 0 Å². The van der Waals surface area contributed by atoms with E-state index in [4.69, 9.17) is 27.9 Å². The maximum atomic E-state index is 5.95. The lowest BCUT2D eigenvalue weighted by Crippen LogP contribution is -1.96. The van der Waals surface area contributed by atoms with Crippen molar-refractivity contribution in [3.8, 4) is 11.6 Å². The van der Waals surface area contributed by atoms with Crippen LogP contribution in [0, 0.1) is 0 Å². The fourth-order valence-corrected chi connectivity index (χ4v) is 2.20. The fourth-order valence-electron chi connectivity index (χ4n) is 1.70. The van der Waals surface area contributed by atoms with E-state index in [0.717, 1.165) is 12.8 Å². The summed E-state index contributed by atoms with van der Waals surface area (Å²) in [5.41, 5.74) is 1.89. The number of ether oxygens (including phenoxy) is 1. The van der Waals surface area contributed by atoms with Gasteiger partial charge in [0.2, 0.25) is 5.88 Å². The molecule has 19 heavy (non-hydrogen) atoms. The van der Waals surface area contributed by atoms with Gasteiger partial charge in [0.05, 0.1) is 11.4 Å². The van der Waals surface area contributed by atoms with E-state index in [0.29, 0.717) is 22.3 Å². The van der Waals surface area contributed by atoms with Crippen LogP contribution in [-0.4, -0.2) is 9.97 Å². The lowest BCUT2D eigenvalue weighted by Gasteiger charge is -2.09. The Morgan fingerprint density at radius 2 is 1.89 bits per heavy atom. The summed E-state index contributed by atoms with van der Waals surface area (Å²) >= 11 is 11.8. The molecule has 0 bridgehead atoms. The highest BCUT2D eigenvalue weighted by Gasteiger charge is 2.10. The van der Waals surface area contributed by atoms with Gasteiger partial charge in [-0.3, -0.25) is 0 Å². The fraction of sp³-hybridized carbons (Fsp3) is 0.286. The van der Waals surface area contributed by atoms with Gasteiger partial charge in [0.1, 0.15) is 17.2 Å². The second-order valence-electron chi connectivity index (χ2n) is 4.08. The van der Waals surface area contributed by atoms with Gasteiger partial charge in [0, 0.05) is 0 Å². The van der Waals surface area contributed by atoms with Crippen molar-refractivity contribution < 1.29 is 4.74 Å². The summed E-state index contributed by atoms with van der Waals surface area (Å²) in [4.78, 5) is 7.94. The Labute approximate surface area is 122 Å². The Morgan fingerprint density at radius 1 is 1.16 bits per heavy atom. The largest absolute Gasteiger partial charge is 0.439 e. The predicted molar refractivity (Wildman–Crippen MR) is 77.1 cm³/mol. The van der Waals surface area contributed by atoms with Gasteiger partial charge in [-0.25, -0.2) is 9.97 Å². The molecule has 2 aromatic rings. The molecule has 2 rings (SSSR count). The Morgan fingerprint density at radius 3 is 2.53 bits per heavy atom. The van der Waals surface area contributed by atoms with Crippen LogP contribution in [0.1, 0.15) is 24.5 Å². The molecule has 0 saturated carbocycles. The van der Waals surface area contributed by atoms with E-state index >= 15 is 0 Å². The van der Waals surface area contributed by atoms with Gasteiger partial charge in [-0.05, 0) is 24.1 Å². The molecule has 0 saturated heterocycles. The van der Waals surface area contributed by atoms with Crippen molar-refractivity contribution in [3.05, 3.63) is 46.9 Å². The van der Waals surface area contributed by atoms with Crippen molar-refractivity contribution in [1.82, 2.24) is 9.97 Å². The molecule has 1 heterocycles. The molecule has 0 aliphatic heterocycles. The molecule has 0 amide bonds. The van der Waals surface area contributed by atoms with Crippen LogP contribution in [0.3, 0.4) is 0 Å². The van der Waals surface area contributed by atoms with E-state index in [1.54, 1.807) is 0 Å². The highest BCUT2D eigenvalue weighted by Crippen LogP contribution is 2.28. The summed E-state index contributed by atoms with van der Waals surface area (Å²) in [5.74, 6) is 1.32. The number of aryl methyl sites for hydroxylation is 1. The third kappa shape index (κ3) is 3.58. The standard InChI is InChI=1S/C14H14Cl2N2O/c1-2-3-10-4-6-11(7-5-10)19-14-12(8-15)13(16)17-9-18-14/h4-7,9H,2-3,8H2,1H3. The molecule has 0 aliphatic carbocycles. The van der Waals surface area contributed by atoms with Gasteiger partial charge in [-0.1, -0.05) is 37.1 Å². The SMILES string of the molecule is CCCc1ccc(Oc2ncnc(Cl)c2CCl)cc1. The molecule has 100 valence electrons. The third-order valence-corrected chi connectivity index (χ3v) is 3.26. The molecule has 0 N–H and O–H groups in total. The van der Waals surface area contributed by atoms with Crippen molar-refractivity contribution in [3.63, 3.8) is 0 Å². The van der Waals surface area contributed by atoms with E-state index in [9.17, 15) is 0 Å². The predicted octanol–water partition coefficient (Wildman–Crippen LogP) is 4.61. The van der Waals surface area contributed by atoms with Gasteiger partial charge in [-0.15, -0.1) is 11.6 Å². The zero-order valence-corrected chi connectivity index (χ0v) is 12.1. The maximum Gasteiger partial charge on any atom is 0.228 e. The second kappa shape index (κ2) is 6.73. The van der Waals surface area contributed by atoms with E-state index in [1.807, 2.05) is 24.3 Å². The molecule has 0 radical (unpaired) electrons. The smallest absolute Gasteiger partial charge is 0.228 e. The molecule has 0 atom stereocenters. The number of nitrogens with zero attached hydrogens (tertiary/aromatic N) is 2. The summed E-state index contributed by atoms with van der Waals surface area (Å²) in [6.07, 6.45) is 3.55. The first-order chi connectivity index (χ1) is 9.24. The molecule has 1 aromatic carbocycles. The average Bonchev–Trinajstić information content (AvgIpc) is 2.42. The zero-order chi connectivity index (χ0) is 13.7. The first-order valence-electron chi connectivity index (χ1n) is 6.06. The van der Waals surface area contributed by atoms with Gasteiger partial charge in [0.15, 0.2) is 0 Å². The van der Waals surface area contributed by atoms with E-state index in [1.165, 1.54) is 11.9 Å². The second-order valence-corrected chi connectivity index (χ2v) is 4.70. The Kier molecular flexibility index (Phi) is 5.00. The topological polar surface area (TPSA) is 35.0 Å². The number of halogens is 2.